The maximum absolute atomic E-state index is 12.4. The molecule has 588 valence electrons. The zero-order valence-electron chi connectivity index (χ0n) is 69.6. The van der Waals surface area contributed by atoms with Crippen LogP contribution in [0, 0.1) is 71.0 Å². The van der Waals surface area contributed by atoms with E-state index in [1.807, 2.05) is 13.8 Å². The number of carbonyl (C=O) groups excluding carboxylic acids is 5. The molecule has 103 heavy (non-hydrogen) atoms. The molecule has 0 aromatic rings. The molecule has 0 bridgehead atoms. The minimum atomic E-state index is -1.95. The molecule has 14 nitrogen and oxygen atoms in total. The third-order valence-corrected chi connectivity index (χ3v) is 38.0. The molecule has 6 aliphatic carbocycles. The van der Waals surface area contributed by atoms with E-state index in [0.717, 1.165) is 77.0 Å². The summed E-state index contributed by atoms with van der Waals surface area (Å²) in [6, 6.07) is 0. The Morgan fingerprint density at radius 3 is 0.961 bits per heavy atom. The highest BCUT2D eigenvalue weighted by Gasteiger charge is 2.48. The second-order valence-electron chi connectivity index (χ2n) is 37.7. The molecule has 0 unspecified atom stereocenters. The SMILES string of the molecule is CC.CC(=O)O[C@H]1C[C@@H](C)C=C2C=C[C@H](C)[C@H](CC[C@@H]3C[C@@H](O[Si](C)(C)C(C)(C)C)CC(=O)O3)[C@H]21.CC(=O)O[C@H]1C[C@@H](C)C=C2C=C[C@H](C)[C@H](CC[C@@H]3C[C@@H](O[Si](C)(C)C(C)(C)C)CC(=O)O3)[C@H]21.C[C@H]1C=C2C=C[C@H](C)[C@H](CC[C@@H]3C[C@@H](O[Si](C)(C)C(C)(C)C)CC(=O)O3)[C@H]2[C@@H](O)C1.C[Si](C)(C)Br. The normalized spacial score (nSPS) is 33.9. The van der Waals surface area contributed by atoms with Gasteiger partial charge >= 0.3 is 29.8 Å². The van der Waals surface area contributed by atoms with Crippen molar-refractivity contribution in [2.24, 2.45) is 71.0 Å². The smallest absolute Gasteiger partial charge is 0.308 e. The first kappa shape index (κ1) is 90.6. The number of hydrogen-bond donors (Lipinski definition) is 1. The fourth-order valence-electron chi connectivity index (χ4n) is 16.2. The number of fused-ring (bicyclic) bond motifs is 3. The summed E-state index contributed by atoms with van der Waals surface area (Å²) < 4.78 is 48.6. The minimum absolute atomic E-state index is 0.0302. The first-order valence-electron chi connectivity index (χ1n) is 39.9. The van der Waals surface area contributed by atoms with Crippen LogP contribution >= 0.6 is 15.3 Å². The topological polar surface area (TPSA) is 179 Å². The van der Waals surface area contributed by atoms with Crippen LogP contribution in [0.25, 0.3) is 0 Å². The van der Waals surface area contributed by atoms with Gasteiger partial charge in [0.25, 0.3) is 0 Å². The molecule has 9 aliphatic rings. The lowest BCUT2D eigenvalue weighted by Gasteiger charge is -2.44. The maximum Gasteiger partial charge on any atom is 0.308 e. The van der Waals surface area contributed by atoms with E-state index in [2.05, 4.69) is 233 Å². The lowest BCUT2D eigenvalue weighted by atomic mass is 9.65. The van der Waals surface area contributed by atoms with Gasteiger partial charge in [0.2, 0.25) is 0 Å². The standard InChI is InChI=1S/2C27H44O5Si.C25H42O4Si.C3H9BrSi.C2H6/c2*1-17-13-20-10-9-18(2)23(26(20)24(14-17)30-19(3)28)12-11-21-15-22(16-25(29)31-21)32-33(7,8)27(4,5)6;1-16-12-18-9-8-17(2)21(24(18)22(26)13-16)11-10-19-14-20(15-23(27)28-19)29-30(6,7)25(3,4)5;1-5(2,3)4;1-2/h2*9-10,13,17-18,21-24,26H,11-12,14-16H2,1-8H3;8-9,12,16-17,19-22,24,26H,10-11,13-15H2,1-7H3;1-3H3;1-2H3/t2*17-,18-,21+,22+,23-,24-,26-;16-,17-,19+,20+,21-,22-,24-;;/m000../s1. The highest BCUT2D eigenvalue weighted by atomic mass is 79.9. The summed E-state index contributed by atoms with van der Waals surface area (Å²) in [5.74, 6) is 3.33. The average Bonchev–Trinajstić information content (AvgIpc) is 0.768. The van der Waals surface area contributed by atoms with Gasteiger partial charge in [0.15, 0.2) is 25.0 Å². The van der Waals surface area contributed by atoms with Crippen LogP contribution in [0.2, 0.25) is 74.0 Å². The van der Waals surface area contributed by atoms with Gasteiger partial charge in [-0.15, -0.1) is 15.3 Å². The Bertz CT molecular complexity index is 2860. The molecule has 0 amide bonds. The van der Waals surface area contributed by atoms with Crippen molar-refractivity contribution in [1.29, 1.82) is 0 Å². The van der Waals surface area contributed by atoms with Crippen LogP contribution in [0.3, 0.4) is 0 Å². The van der Waals surface area contributed by atoms with E-state index in [0.29, 0.717) is 72.5 Å². The quantitative estimate of drug-likeness (QED) is 0.0629. The molecule has 3 heterocycles. The molecule has 0 spiro atoms. The van der Waals surface area contributed by atoms with Crippen LogP contribution in [0.15, 0.2) is 71.4 Å². The zero-order chi connectivity index (χ0) is 77.9. The Morgan fingerprint density at radius 1 is 0.447 bits per heavy atom. The number of allylic oxidation sites excluding steroid dienone is 9. The Kier molecular flexibility index (Phi) is 33.5. The van der Waals surface area contributed by atoms with Crippen LogP contribution in [0.5, 0.6) is 0 Å². The summed E-state index contributed by atoms with van der Waals surface area (Å²) >= 11 is 3.51. The summed E-state index contributed by atoms with van der Waals surface area (Å²) in [7, 11) is -5.80. The largest absolute Gasteiger partial charge is 0.462 e. The van der Waals surface area contributed by atoms with Crippen molar-refractivity contribution in [2.75, 3.05) is 0 Å². The van der Waals surface area contributed by atoms with Crippen molar-refractivity contribution in [3.8, 4) is 0 Å². The van der Waals surface area contributed by atoms with Gasteiger partial charge in [0, 0.05) is 50.9 Å². The molecule has 3 fully saturated rings. The predicted octanol–water partition coefficient (Wildman–Crippen LogP) is 21.3. The molecular formula is C84H145BrO14Si4. The van der Waals surface area contributed by atoms with Crippen LogP contribution in [-0.4, -0.2) is 122 Å². The molecular weight excluding hydrogens is 1430 g/mol. The molecule has 0 saturated carbocycles. The molecule has 0 aromatic carbocycles. The highest BCUT2D eigenvalue weighted by molar-refractivity contribution is 9.26. The number of aliphatic hydroxyl groups excluding tert-OH is 1. The third kappa shape index (κ3) is 27.2. The molecule has 0 aromatic heterocycles. The predicted molar refractivity (Wildman–Crippen MR) is 433 cm³/mol. The molecule has 1 N–H and O–H groups in total. The lowest BCUT2D eigenvalue weighted by molar-refractivity contribution is -0.161. The zero-order valence-corrected chi connectivity index (χ0v) is 75.1. The van der Waals surface area contributed by atoms with Gasteiger partial charge in [-0.05, 0) is 182 Å². The fourth-order valence-corrected chi connectivity index (χ4v) is 20.3. The summed E-state index contributed by atoms with van der Waals surface area (Å²) in [5, 5.41) is 11.2. The number of rotatable bonds is 17. The van der Waals surface area contributed by atoms with E-state index in [4.69, 9.17) is 37.0 Å². The summed E-state index contributed by atoms with van der Waals surface area (Å²) in [6.07, 6.45) is 30.9. The van der Waals surface area contributed by atoms with Gasteiger partial charge in [-0.3, -0.25) is 24.0 Å². The van der Waals surface area contributed by atoms with E-state index in [1.54, 1.807) is 0 Å². The first-order valence-corrected chi connectivity index (χ1v) is 54.4. The monoisotopic (exact) mass is 1570 g/mol. The number of esters is 5. The molecule has 19 heteroatoms. The second kappa shape index (κ2) is 38.1. The van der Waals surface area contributed by atoms with Crippen molar-refractivity contribution >= 4 is 76.8 Å². The molecule has 21 atom stereocenters. The second-order valence-corrected chi connectivity index (χ2v) is 63.2. The van der Waals surface area contributed by atoms with Crippen molar-refractivity contribution < 1.29 is 66.0 Å². The van der Waals surface area contributed by atoms with Gasteiger partial charge in [0.1, 0.15) is 37.2 Å². The van der Waals surface area contributed by atoms with E-state index in [1.165, 1.54) is 30.6 Å². The molecule has 3 saturated heterocycles. The van der Waals surface area contributed by atoms with Crippen molar-refractivity contribution in [3.05, 3.63) is 71.4 Å². The Balaban J connectivity index is 0.000000266. The van der Waals surface area contributed by atoms with Crippen LogP contribution in [-0.2, 0) is 60.9 Å². The number of aliphatic hydroxyl groups is 1. The van der Waals surface area contributed by atoms with Crippen molar-refractivity contribution in [1.82, 2.24) is 0 Å². The van der Waals surface area contributed by atoms with Crippen LogP contribution in [0.1, 0.15) is 228 Å². The molecule has 3 aliphatic heterocycles. The molecule has 0 radical (unpaired) electrons. The van der Waals surface area contributed by atoms with Gasteiger partial charge in [0.05, 0.1) is 43.7 Å². The first-order chi connectivity index (χ1) is 47.4. The number of ether oxygens (including phenoxy) is 5. The lowest BCUT2D eigenvalue weighted by Crippen LogP contribution is -2.47. The Labute approximate surface area is 638 Å². The Morgan fingerprint density at radius 2 is 0.699 bits per heavy atom. The average molecular weight is 1570 g/mol. The third-order valence-electron chi connectivity index (χ3n) is 24.4. The minimum Gasteiger partial charge on any atom is -0.462 e. The van der Waals surface area contributed by atoms with Crippen LogP contribution in [0.4, 0.5) is 0 Å². The Hall–Kier alpha value is -3.02. The summed E-state index contributed by atoms with van der Waals surface area (Å²) in [6.45, 7) is 59.8. The van der Waals surface area contributed by atoms with E-state index in [9.17, 15) is 29.1 Å². The van der Waals surface area contributed by atoms with Crippen LogP contribution < -0.4 is 0 Å². The number of hydrogen-bond acceptors (Lipinski definition) is 14. The maximum atomic E-state index is 12.4. The summed E-state index contributed by atoms with van der Waals surface area (Å²) in [5.41, 5.74) is 3.88. The fraction of sp³-hybridized carbons (Fsp3) is 0.798. The van der Waals surface area contributed by atoms with Gasteiger partial charge in [-0.1, -0.05) is 192 Å². The van der Waals surface area contributed by atoms with Gasteiger partial charge < -0.3 is 42.1 Å². The van der Waals surface area contributed by atoms with E-state index < -0.39 is 31.6 Å². The number of cyclic esters (lactones) is 3. The van der Waals surface area contributed by atoms with E-state index >= 15 is 0 Å². The van der Waals surface area contributed by atoms with Crippen molar-refractivity contribution in [2.45, 2.75) is 357 Å². The summed E-state index contributed by atoms with van der Waals surface area (Å²) in [4.78, 5) is 60.8. The van der Waals surface area contributed by atoms with E-state index in [-0.39, 0.29) is 118 Å². The highest BCUT2D eigenvalue weighted by Crippen LogP contribution is 2.50. The number of halogens is 1. The van der Waals surface area contributed by atoms with Gasteiger partial charge in [-0.25, -0.2) is 0 Å². The van der Waals surface area contributed by atoms with Crippen molar-refractivity contribution in [3.63, 3.8) is 0 Å². The number of carbonyl (C=O) groups is 5. The molecule has 9 rings (SSSR count). The van der Waals surface area contributed by atoms with Gasteiger partial charge in [-0.2, -0.15) is 0 Å².